The first-order valence-corrected chi connectivity index (χ1v) is 14.8. The first-order chi connectivity index (χ1) is 19.7. The van der Waals surface area contributed by atoms with Crippen LogP contribution in [0.5, 0.6) is 0 Å². The van der Waals surface area contributed by atoms with Gasteiger partial charge in [-0.1, -0.05) is 57.2 Å². The maximum atomic E-state index is 15.1. The monoisotopic (exact) mass is 593 g/mol. The number of carbonyl (C=O) groups is 2. The quantitative estimate of drug-likeness (QED) is 0.361. The molecule has 1 aromatic carbocycles. The summed E-state index contributed by atoms with van der Waals surface area (Å²) in [6, 6.07) is 9.27. The van der Waals surface area contributed by atoms with Gasteiger partial charge in [-0.3, -0.25) is 14.5 Å². The molecule has 2 saturated heterocycles. The van der Waals surface area contributed by atoms with E-state index in [1.165, 1.54) is 6.08 Å². The molecule has 3 atom stereocenters. The highest BCUT2D eigenvalue weighted by Gasteiger charge is 2.41. The SMILES string of the molecule is CC(=O)N1CCC(CC(=O)N2CCN(C(C3=CCC(OCC(F)(F)F)C(F)=C3)c3ccccc3)C[C@@H]2C(C)(C)C)CC1. The van der Waals surface area contributed by atoms with E-state index in [0.717, 1.165) is 18.4 Å². The summed E-state index contributed by atoms with van der Waals surface area (Å²) in [5.74, 6) is -0.269. The molecule has 4 rings (SSSR count). The molecule has 6 nitrogen and oxygen atoms in total. The Kier molecular flexibility index (Phi) is 10.2. The van der Waals surface area contributed by atoms with Crippen molar-refractivity contribution in [1.82, 2.24) is 14.7 Å². The molecular formula is C32H43F4N3O3. The Morgan fingerprint density at radius 2 is 1.69 bits per heavy atom. The standard InChI is InChI=1S/C32H43F4N3O3/c1-22(40)37-14-12-23(13-15-37)18-29(41)39-17-16-38(20-28(39)31(2,3)4)30(24-8-6-5-7-9-24)25-10-11-27(26(33)19-25)42-21-32(34,35)36/h5-10,19,23,27-28,30H,11-18,20-21H2,1-4H3/t27?,28-,30?/m1/s1. The molecule has 2 fully saturated rings. The number of hydrogen-bond donors (Lipinski definition) is 0. The van der Waals surface area contributed by atoms with Crippen LogP contribution in [0, 0.1) is 11.3 Å². The van der Waals surface area contributed by atoms with Crippen molar-refractivity contribution in [3.63, 3.8) is 0 Å². The van der Waals surface area contributed by atoms with Crippen LogP contribution in [0.1, 0.15) is 65.0 Å². The van der Waals surface area contributed by atoms with Gasteiger partial charge >= 0.3 is 6.18 Å². The van der Waals surface area contributed by atoms with E-state index in [1.807, 2.05) is 40.1 Å². The van der Waals surface area contributed by atoms with Gasteiger partial charge in [0.1, 0.15) is 18.5 Å². The fraction of sp³-hybridized carbons (Fsp3) is 0.625. The zero-order valence-corrected chi connectivity index (χ0v) is 25.0. The fourth-order valence-corrected chi connectivity index (χ4v) is 6.34. The molecule has 232 valence electrons. The summed E-state index contributed by atoms with van der Waals surface area (Å²) in [6.07, 6.45) is -0.576. The lowest BCUT2D eigenvalue weighted by atomic mass is 9.82. The molecule has 0 aromatic heterocycles. The van der Waals surface area contributed by atoms with Crippen LogP contribution in [0.25, 0.3) is 0 Å². The zero-order valence-electron chi connectivity index (χ0n) is 25.0. The molecule has 1 aliphatic carbocycles. The van der Waals surface area contributed by atoms with Gasteiger partial charge < -0.3 is 14.5 Å². The third-order valence-corrected chi connectivity index (χ3v) is 8.68. The number of hydrogen-bond acceptors (Lipinski definition) is 4. The minimum atomic E-state index is -4.53. The average Bonchev–Trinajstić information content (AvgIpc) is 2.92. The molecule has 0 bridgehead atoms. The number of piperidine rings is 1. The van der Waals surface area contributed by atoms with Crippen LogP contribution in [0.3, 0.4) is 0 Å². The van der Waals surface area contributed by atoms with Crippen molar-refractivity contribution in [2.45, 2.75) is 77.7 Å². The Hall–Kier alpha value is -2.72. The number of alkyl halides is 3. The summed E-state index contributed by atoms with van der Waals surface area (Å²) in [7, 11) is 0. The van der Waals surface area contributed by atoms with Crippen LogP contribution in [0.15, 0.2) is 53.9 Å². The number of ether oxygens (including phenoxy) is 1. The number of nitrogens with zero attached hydrogens (tertiary/aromatic N) is 3. The Morgan fingerprint density at radius 3 is 2.26 bits per heavy atom. The molecule has 0 radical (unpaired) electrons. The van der Waals surface area contributed by atoms with E-state index in [1.54, 1.807) is 13.0 Å². The van der Waals surface area contributed by atoms with E-state index >= 15 is 4.39 Å². The predicted molar refractivity (Wildman–Crippen MR) is 153 cm³/mol. The Balaban J connectivity index is 1.51. The summed E-state index contributed by atoms with van der Waals surface area (Å²) >= 11 is 0. The van der Waals surface area contributed by atoms with Crippen molar-refractivity contribution in [3.05, 3.63) is 59.4 Å². The van der Waals surface area contributed by atoms with E-state index in [4.69, 9.17) is 4.74 Å². The smallest absolute Gasteiger partial charge is 0.361 e. The van der Waals surface area contributed by atoms with Crippen molar-refractivity contribution in [3.8, 4) is 0 Å². The number of benzene rings is 1. The van der Waals surface area contributed by atoms with Crippen molar-refractivity contribution in [2.75, 3.05) is 39.3 Å². The molecular weight excluding hydrogens is 550 g/mol. The van der Waals surface area contributed by atoms with Gasteiger partial charge in [0.25, 0.3) is 0 Å². The van der Waals surface area contributed by atoms with Gasteiger partial charge in [0, 0.05) is 52.1 Å². The van der Waals surface area contributed by atoms with Crippen molar-refractivity contribution in [2.24, 2.45) is 11.3 Å². The summed E-state index contributed by atoms with van der Waals surface area (Å²) in [6.45, 7) is 9.46. The second kappa shape index (κ2) is 13.3. The summed E-state index contributed by atoms with van der Waals surface area (Å²) < 4.78 is 57.9. The van der Waals surface area contributed by atoms with Gasteiger partial charge in [-0.15, -0.1) is 0 Å². The fourth-order valence-electron chi connectivity index (χ4n) is 6.34. The van der Waals surface area contributed by atoms with Crippen LogP contribution in [-0.2, 0) is 14.3 Å². The second-order valence-electron chi connectivity index (χ2n) is 12.8. The van der Waals surface area contributed by atoms with Crippen LogP contribution >= 0.6 is 0 Å². The topological polar surface area (TPSA) is 53.1 Å². The third kappa shape index (κ3) is 8.22. The summed E-state index contributed by atoms with van der Waals surface area (Å²) in [4.78, 5) is 31.5. The number of rotatable bonds is 7. The summed E-state index contributed by atoms with van der Waals surface area (Å²) in [5.41, 5.74) is 1.40. The van der Waals surface area contributed by atoms with Gasteiger partial charge in [0.15, 0.2) is 0 Å². The number of amides is 2. The number of likely N-dealkylation sites (tertiary alicyclic amines) is 1. The normalized spacial score (nSPS) is 23.8. The molecule has 0 saturated carbocycles. The van der Waals surface area contributed by atoms with Crippen LogP contribution in [0.2, 0.25) is 0 Å². The van der Waals surface area contributed by atoms with E-state index in [0.29, 0.717) is 44.7 Å². The molecule has 1 aromatic rings. The van der Waals surface area contributed by atoms with E-state index in [2.05, 4.69) is 25.7 Å². The zero-order chi connectivity index (χ0) is 30.7. The lowest BCUT2D eigenvalue weighted by Crippen LogP contribution is -2.60. The van der Waals surface area contributed by atoms with Crippen molar-refractivity contribution >= 4 is 11.8 Å². The highest BCUT2D eigenvalue weighted by atomic mass is 19.4. The Bertz CT molecular complexity index is 1150. The number of halogens is 4. The van der Waals surface area contributed by atoms with Crippen LogP contribution in [0.4, 0.5) is 17.6 Å². The third-order valence-electron chi connectivity index (χ3n) is 8.68. The van der Waals surface area contributed by atoms with Crippen LogP contribution in [-0.4, -0.2) is 84.2 Å². The maximum Gasteiger partial charge on any atom is 0.411 e. The van der Waals surface area contributed by atoms with E-state index < -0.39 is 24.7 Å². The Morgan fingerprint density at radius 1 is 1.02 bits per heavy atom. The van der Waals surface area contributed by atoms with Gasteiger partial charge in [-0.05, 0) is 47.8 Å². The maximum absolute atomic E-state index is 15.1. The van der Waals surface area contributed by atoms with Gasteiger partial charge in [0.2, 0.25) is 11.8 Å². The van der Waals surface area contributed by atoms with Gasteiger partial charge in [0.05, 0.1) is 6.04 Å². The molecule has 10 heteroatoms. The van der Waals surface area contributed by atoms with Gasteiger partial charge in [-0.25, -0.2) is 4.39 Å². The Labute approximate surface area is 246 Å². The highest BCUT2D eigenvalue weighted by Crippen LogP contribution is 2.39. The van der Waals surface area contributed by atoms with E-state index in [-0.39, 0.29) is 41.7 Å². The number of piperazine rings is 1. The molecule has 2 aliphatic heterocycles. The summed E-state index contributed by atoms with van der Waals surface area (Å²) in [5, 5.41) is 0. The van der Waals surface area contributed by atoms with Gasteiger partial charge in [-0.2, -0.15) is 13.2 Å². The molecule has 42 heavy (non-hydrogen) atoms. The first-order valence-electron chi connectivity index (χ1n) is 14.8. The first kappa shape index (κ1) is 32.2. The largest absolute Gasteiger partial charge is 0.411 e. The minimum Gasteiger partial charge on any atom is -0.361 e. The van der Waals surface area contributed by atoms with Crippen molar-refractivity contribution < 1.29 is 31.9 Å². The molecule has 2 unspecified atom stereocenters. The minimum absolute atomic E-state index is 0.0146. The molecule has 2 amide bonds. The lowest BCUT2D eigenvalue weighted by molar-refractivity contribution is -0.182. The molecule has 3 aliphatic rings. The van der Waals surface area contributed by atoms with Crippen LogP contribution < -0.4 is 0 Å². The number of carbonyl (C=O) groups excluding carboxylic acids is 2. The predicted octanol–water partition coefficient (Wildman–Crippen LogP) is 6.07. The molecule has 0 N–H and O–H groups in total. The lowest BCUT2D eigenvalue weighted by Gasteiger charge is -2.50. The van der Waals surface area contributed by atoms with Crippen molar-refractivity contribution in [1.29, 1.82) is 0 Å². The molecule has 0 spiro atoms. The average molecular weight is 594 g/mol. The highest BCUT2D eigenvalue weighted by molar-refractivity contribution is 5.77. The second-order valence-corrected chi connectivity index (χ2v) is 12.8. The molecule has 2 heterocycles. The van der Waals surface area contributed by atoms with E-state index in [9.17, 15) is 22.8 Å².